The third-order valence-electron chi connectivity index (χ3n) is 13.4. The van der Waals surface area contributed by atoms with Crippen LogP contribution in [0.3, 0.4) is 0 Å². The zero-order valence-corrected chi connectivity index (χ0v) is 38.6. The Morgan fingerprint density at radius 3 is 2.42 bits per heavy atom. The molecule has 4 aromatic carbocycles. The number of ether oxygens (including phenoxy) is 1. The molecule has 0 unspecified atom stereocenters. The standard InChI is InChI=1S/C51H57ClFN7O6/c1-32-48(63)55-44(30-61)49(64)56-51(26-33-10-16-37(52)17-11-33)22-7-23-59(31-51)50(65)42(41-21-15-34-8-5-6-9-40(34)41)25-47(62)60(32)28-36-14-20-39(24-43(36)53)66-38-18-12-35(13-19-38)45-27-54-46(58(45)4)29-57(2)3/h5-6,8-14,16-20,24,27,32,41-42,44,61H,7,15,21-23,25-26,28-31H2,1-4H3,(H,55,63)(H,56,64)/t32-,41+,42-,44-,51+/m0/s1. The molecule has 5 aromatic rings. The van der Waals surface area contributed by atoms with Crippen LogP contribution in [0.25, 0.3) is 11.3 Å². The van der Waals surface area contributed by atoms with Gasteiger partial charge in [-0.3, -0.25) is 19.2 Å². The minimum Gasteiger partial charge on any atom is -0.457 e. The lowest BCUT2D eigenvalue weighted by Gasteiger charge is -2.46. The Bertz CT molecular complexity index is 2590. The normalized spacial score (nSPS) is 22.8. The summed E-state index contributed by atoms with van der Waals surface area (Å²) in [4.78, 5) is 67.9. The van der Waals surface area contributed by atoms with E-state index in [1.165, 1.54) is 24.0 Å². The lowest BCUT2D eigenvalue weighted by atomic mass is 9.80. The number of carbonyl (C=O) groups is 4. The van der Waals surface area contributed by atoms with Crippen LogP contribution >= 0.6 is 11.6 Å². The monoisotopic (exact) mass is 917 g/mol. The molecule has 3 N–H and O–H groups in total. The van der Waals surface area contributed by atoms with Crippen LogP contribution in [0.15, 0.2) is 97.2 Å². The first-order valence-corrected chi connectivity index (χ1v) is 22.9. The molecular weight excluding hydrogens is 861 g/mol. The molecule has 2 fully saturated rings. The van der Waals surface area contributed by atoms with Crippen LogP contribution in [0.1, 0.15) is 66.6 Å². The molecule has 0 radical (unpaired) electrons. The maximum Gasteiger partial charge on any atom is 0.245 e. The zero-order chi connectivity index (χ0) is 46.7. The van der Waals surface area contributed by atoms with Crippen molar-refractivity contribution in [1.29, 1.82) is 0 Å². The number of benzene rings is 4. The fraction of sp³-hybridized carbons (Fsp3) is 0.392. The van der Waals surface area contributed by atoms with Gasteiger partial charge in [-0.1, -0.05) is 54.1 Å². The van der Waals surface area contributed by atoms with Crippen LogP contribution in [0.2, 0.25) is 5.02 Å². The van der Waals surface area contributed by atoms with Crippen LogP contribution in [-0.4, -0.2) is 104 Å². The molecule has 2 saturated heterocycles. The van der Waals surface area contributed by atoms with Gasteiger partial charge in [-0.2, -0.15) is 0 Å². The van der Waals surface area contributed by atoms with Gasteiger partial charge in [0.2, 0.25) is 23.6 Å². The predicted molar refractivity (Wildman–Crippen MR) is 249 cm³/mol. The van der Waals surface area contributed by atoms with Gasteiger partial charge in [-0.25, -0.2) is 9.37 Å². The Morgan fingerprint density at radius 2 is 1.70 bits per heavy atom. The van der Waals surface area contributed by atoms with Gasteiger partial charge in [0.15, 0.2) is 0 Å². The summed E-state index contributed by atoms with van der Waals surface area (Å²) in [5, 5.41) is 16.9. The Balaban J connectivity index is 1.08. The number of hydrogen-bond donors (Lipinski definition) is 3. The number of nitrogens with one attached hydrogen (secondary N) is 2. The van der Waals surface area contributed by atoms with E-state index >= 15 is 9.18 Å². The first-order valence-electron chi connectivity index (χ1n) is 22.6. The number of imidazole rings is 1. The van der Waals surface area contributed by atoms with Crippen molar-refractivity contribution < 1.29 is 33.4 Å². The van der Waals surface area contributed by atoms with E-state index in [9.17, 15) is 19.5 Å². The van der Waals surface area contributed by atoms with Gasteiger partial charge >= 0.3 is 0 Å². The molecule has 13 nitrogen and oxygen atoms in total. The fourth-order valence-electron chi connectivity index (χ4n) is 9.85. The van der Waals surface area contributed by atoms with Crippen molar-refractivity contribution in [3.8, 4) is 22.8 Å². The first kappa shape index (κ1) is 46.4. The number of amides is 4. The molecule has 4 amide bonds. The lowest BCUT2D eigenvalue weighted by Crippen LogP contribution is -2.65. The summed E-state index contributed by atoms with van der Waals surface area (Å²) in [6, 6.07) is 24.4. The number of aromatic nitrogens is 2. The molecule has 66 heavy (non-hydrogen) atoms. The van der Waals surface area contributed by atoms with Crippen molar-refractivity contribution in [2.45, 2.75) is 82.1 Å². The highest BCUT2D eigenvalue weighted by Gasteiger charge is 2.45. The molecular formula is C51H57ClFN7O6. The maximum atomic E-state index is 16.2. The Morgan fingerprint density at radius 1 is 0.955 bits per heavy atom. The maximum absolute atomic E-state index is 16.2. The molecule has 346 valence electrons. The molecule has 0 spiro atoms. The Hall–Kier alpha value is -6.09. The molecule has 15 heteroatoms. The topological polar surface area (TPSA) is 149 Å². The average Bonchev–Trinajstić information content (AvgIpc) is 3.89. The zero-order valence-electron chi connectivity index (χ0n) is 37.8. The second-order valence-corrected chi connectivity index (χ2v) is 18.7. The van der Waals surface area contributed by atoms with Gasteiger partial charge in [0.1, 0.15) is 35.2 Å². The van der Waals surface area contributed by atoms with E-state index < -0.39 is 53.7 Å². The van der Waals surface area contributed by atoms with E-state index in [4.69, 9.17) is 16.3 Å². The summed E-state index contributed by atoms with van der Waals surface area (Å²) in [5.74, 6) is -2.20. The lowest BCUT2D eigenvalue weighted by molar-refractivity contribution is -0.148. The average molecular weight is 919 g/mol. The molecule has 1 aliphatic carbocycles. The van der Waals surface area contributed by atoms with Gasteiger partial charge in [-0.05, 0) is 118 Å². The highest BCUT2D eigenvalue weighted by Crippen LogP contribution is 2.42. The molecule has 5 atom stereocenters. The van der Waals surface area contributed by atoms with E-state index in [1.807, 2.05) is 85.3 Å². The van der Waals surface area contributed by atoms with Crippen molar-refractivity contribution in [2.24, 2.45) is 13.0 Å². The third kappa shape index (κ3) is 10.2. The SMILES string of the molecule is C[C@H]1C(=O)N[C@@H](CO)C(=O)N[C@@]2(Cc3ccc(Cl)cc3)CCCN(C2)C(=O)[C@H]([C@@H]2CCc3ccccc32)CC(=O)N1Cc1ccc(Oc2ccc(-c3cnc(CN(C)C)n3C)cc2)cc1F. The molecule has 8 rings (SSSR count). The highest BCUT2D eigenvalue weighted by molar-refractivity contribution is 6.30. The molecule has 1 aromatic heterocycles. The summed E-state index contributed by atoms with van der Waals surface area (Å²) >= 11 is 6.22. The van der Waals surface area contributed by atoms with E-state index in [2.05, 4.69) is 15.6 Å². The number of rotatable bonds is 11. The van der Waals surface area contributed by atoms with Gasteiger partial charge in [0.25, 0.3) is 0 Å². The minimum absolute atomic E-state index is 0.116. The van der Waals surface area contributed by atoms with E-state index in [1.54, 1.807) is 35.2 Å². The van der Waals surface area contributed by atoms with Crippen LogP contribution in [-0.2, 0) is 52.2 Å². The molecule has 2 bridgehead atoms. The molecule has 3 aliphatic rings. The fourth-order valence-corrected chi connectivity index (χ4v) is 9.98. The van der Waals surface area contributed by atoms with Crippen LogP contribution < -0.4 is 15.4 Å². The summed E-state index contributed by atoms with van der Waals surface area (Å²) in [6.07, 6.45) is 4.44. The van der Waals surface area contributed by atoms with Gasteiger partial charge < -0.3 is 39.7 Å². The second kappa shape index (κ2) is 19.8. The largest absolute Gasteiger partial charge is 0.457 e. The molecule has 0 saturated carbocycles. The van der Waals surface area contributed by atoms with Crippen molar-refractivity contribution in [3.05, 3.63) is 136 Å². The van der Waals surface area contributed by atoms with Crippen molar-refractivity contribution in [3.63, 3.8) is 0 Å². The summed E-state index contributed by atoms with van der Waals surface area (Å²) in [5.41, 5.74) is 4.06. The number of aliphatic hydroxyl groups is 1. The summed E-state index contributed by atoms with van der Waals surface area (Å²) in [7, 11) is 5.95. The number of aryl methyl sites for hydroxylation is 1. The first-order chi connectivity index (χ1) is 31.7. The molecule has 3 heterocycles. The van der Waals surface area contributed by atoms with Gasteiger partial charge in [0, 0.05) is 55.3 Å². The van der Waals surface area contributed by atoms with Gasteiger partial charge in [-0.15, -0.1) is 0 Å². The molecule has 2 aliphatic heterocycles. The number of hydrogen-bond acceptors (Lipinski definition) is 8. The van der Waals surface area contributed by atoms with Gasteiger partial charge in [0.05, 0.1) is 36.5 Å². The van der Waals surface area contributed by atoms with E-state index in [0.29, 0.717) is 49.5 Å². The Labute approximate surface area is 389 Å². The number of piperidine rings is 1. The number of halogens is 2. The quantitative estimate of drug-likeness (QED) is 0.138. The summed E-state index contributed by atoms with van der Waals surface area (Å²) in [6.45, 7) is 1.73. The van der Waals surface area contributed by atoms with Crippen molar-refractivity contribution in [2.75, 3.05) is 33.8 Å². The van der Waals surface area contributed by atoms with E-state index in [0.717, 1.165) is 40.2 Å². The number of aliphatic hydroxyl groups excluding tert-OH is 1. The number of nitrogens with zero attached hydrogens (tertiary/aromatic N) is 5. The minimum atomic E-state index is -1.37. The second-order valence-electron chi connectivity index (χ2n) is 18.3. The Kier molecular flexibility index (Phi) is 13.9. The van der Waals surface area contributed by atoms with Crippen LogP contribution in [0, 0.1) is 11.7 Å². The van der Waals surface area contributed by atoms with Crippen LogP contribution in [0.5, 0.6) is 11.5 Å². The van der Waals surface area contributed by atoms with Crippen molar-refractivity contribution in [1.82, 2.24) is 34.9 Å². The van der Waals surface area contributed by atoms with Crippen molar-refractivity contribution >= 4 is 35.2 Å². The number of fused-ring (bicyclic) bond motifs is 3. The van der Waals surface area contributed by atoms with E-state index in [-0.39, 0.29) is 42.6 Å². The number of carbonyl (C=O) groups excluding carboxylic acids is 4. The predicted octanol–water partition coefficient (Wildman–Crippen LogP) is 6.40. The summed E-state index contributed by atoms with van der Waals surface area (Å²) < 4.78 is 24.3. The smallest absolute Gasteiger partial charge is 0.245 e. The highest BCUT2D eigenvalue weighted by atomic mass is 35.5. The van der Waals surface area contributed by atoms with Crippen LogP contribution in [0.4, 0.5) is 4.39 Å². The third-order valence-corrected chi connectivity index (χ3v) is 13.6.